The van der Waals surface area contributed by atoms with Gasteiger partial charge in [-0.2, -0.15) is 5.10 Å². The molecular formula is C19H26N4OS. The molecule has 0 bridgehead atoms. The van der Waals surface area contributed by atoms with Crippen molar-refractivity contribution in [1.29, 1.82) is 0 Å². The largest absolute Gasteiger partial charge is 0.494 e. The van der Waals surface area contributed by atoms with Crippen LogP contribution in [0.5, 0.6) is 5.75 Å². The number of hydrogen-bond donors (Lipinski definition) is 0. The maximum Gasteiger partial charge on any atom is 0.198 e. The molecule has 134 valence electrons. The zero-order valence-electron chi connectivity index (χ0n) is 15.0. The van der Waals surface area contributed by atoms with E-state index in [1.165, 1.54) is 31.2 Å². The van der Waals surface area contributed by atoms with Gasteiger partial charge in [0.1, 0.15) is 11.6 Å². The third kappa shape index (κ3) is 3.37. The van der Waals surface area contributed by atoms with E-state index in [2.05, 4.69) is 33.7 Å². The second kappa shape index (κ2) is 6.92. The Balaban J connectivity index is 1.52. The third-order valence-corrected chi connectivity index (χ3v) is 5.76. The molecule has 5 nitrogen and oxygen atoms in total. The van der Waals surface area contributed by atoms with Gasteiger partial charge in [-0.25, -0.2) is 4.68 Å². The number of benzene rings is 1. The number of likely N-dealkylation sites (tertiary alicyclic amines) is 1. The van der Waals surface area contributed by atoms with Gasteiger partial charge in [-0.05, 0) is 62.5 Å². The fraction of sp³-hybridized carbons (Fsp3) is 0.579. The number of rotatable bonds is 6. The second-order valence-corrected chi connectivity index (χ2v) is 7.45. The van der Waals surface area contributed by atoms with Crippen molar-refractivity contribution in [3.8, 4) is 5.75 Å². The lowest BCUT2D eigenvalue weighted by Crippen LogP contribution is -2.27. The molecule has 2 heterocycles. The molecule has 0 N–H and O–H groups in total. The van der Waals surface area contributed by atoms with E-state index in [4.69, 9.17) is 22.1 Å². The fourth-order valence-corrected chi connectivity index (χ4v) is 3.98. The van der Waals surface area contributed by atoms with Crippen LogP contribution >= 0.6 is 12.2 Å². The molecule has 1 atom stereocenters. The van der Waals surface area contributed by atoms with E-state index in [9.17, 15) is 0 Å². The minimum absolute atomic E-state index is 0.434. The maximum atomic E-state index is 5.62. The predicted molar refractivity (Wildman–Crippen MR) is 100 cm³/mol. The van der Waals surface area contributed by atoms with Crippen molar-refractivity contribution in [3.63, 3.8) is 0 Å². The van der Waals surface area contributed by atoms with Crippen LogP contribution in [0, 0.1) is 4.77 Å². The highest BCUT2D eigenvalue weighted by Gasteiger charge is 2.31. The van der Waals surface area contributed by atoms with Crippen LogP contribution in [0.25, 0.3) is 0 Å². The summed E-state index contributed by atoms with van der Waals surface area (Å²) in [6.07, 6.45) is 4.90. The SMILES string of the molecule is CCOc1ccc([C@H]2CCCN2Cn2nc(C3CC3)n(C)c2=S)cc1. The lowest BCUT2D eigenvalue weighted by Gasteiger charge is -2.24. The number of hydrogen-bond acceptors (Lipinski definition) is 4. The van der Waals surface area contributed by atoms with Crippen molar-refractivity contribution in [1.82, 2.24) is 19.2 Å². The Labute approximate surface area is 154 Å². The molecule has 1 saturated carbocycles. The molecule has 1 aromatic heterocycles. The van der Waals surface area contributed by atoms with Gasteiger partial charge in [-0.1, -0.05) is 12.1 Å². The summed E-state index contributed by atoms with van der Waals surface area (Å²) in [5.74, 6) is 2.71. The van der Waals surface area contributed by atoms with E-state index in [-0.39, 0.29) is 0 Å². The predicted octanol–water partition coefficient (Wildman–Crippen LogP) is 4.02. The third-order valence-electron chi connectivity index (χ3n) is 5.27. The van der Waals surface area contributed by atoms with Crippen LogP contribution in [0.3, 0.4) is 0 Å². The minimum atomic E-state index is 0.434. The molecule has 0 amide bonds. The molecule has 0 radical (unpaired) electrons. The zero-order chi connectivity index (χ0) is 17.4. The van der Waals surface area contributed by atoms with Crippen molar-refractivity contribution in [2.45, 2.75) is 51.2 Å². The highest BCUT2D eigenvalue weighted by Crippen LogP contribution is 2.39. The summed E-state index contributed by atoms with van der Waals surface area (Å²) in [5, 5.41) is 4.82. The van der Waals surface area contributed by atoms with Gasteiger partial charge in [0.2, 0.25) is 0 Å². The lowest BCUT2D eigenvalue weighted by molar-refractivity contribution is 0.189. The monoisotopic (exact) mass is 358 g/mol. The van der Waals surface area contributed by atoms with Crippen molar-refractivity contribution in [2.75, 3.05) is 13.2 Å². The van der Waals surface area contributed by atoms with Crippen LogP contribution in [0.15, 0.2) is 24.3 Å². The topological polar surface area (TPSA) is 35.2 Å². The highest BCUT2D eigenvalue weighted by molar-refractivity contribution is 7.71. The van der Waals surface area contributed by atoms with Gasteiger partial charge in [0, 0.05) is 25.6 Å². The summed E-state index contributed by atoms with van der Waals surface area (Å²) in [5.41, 5.74) is 1.35. The van der Waals surface area contributed by atoms with Crippen LogP contribution < -0.4 is 4.74 Å². The molecule has 2 aliphatic rings. The molecule has 25 heavy (non-hydrogen) atoms. The van der Waals surface area contributed by atoms with Crippen molar-refractivity contribution in [2.24, 2.45) is 7.05 Å². The number of aromatic nitrogens is 3. The fourth-order valence-electron chi connectivity index (χ4n) is 3.79. The van der Waals surface area contributed by atoms with E-state index >= 15 is 0 Å². The van der Waals surface area contributed by atoms with Gasteiger partial charge in [-0.15, -0.1) is 0 Å². The Bertz CT molecular complexity index is 791. The Kier molecular flexibility index (Phi) is 4.65. The van der Waals surface area contributed by atoms with Gasteiger partial charge in [0.15, 0.2) is 4.77 Å². The summed E-state index contributed by atoms with van der Waals surface area (Å²) >= 11 is 5.62. The minimum Gasteiger partial charge on any atom is -0.494 e. The summed E-state index contributed by atoms with van der Waals surface area (Å²) in [6, 6.07) is 8.98. The normalized spacial score (nSPS) is 21.0. The van der Waals surface area contributed by atoms with Gasteiger partial charge in [0.25, 0.3) is 0 Å². The lowest BCUT2D eigenvalue weighted by atomic mass is 10.0. The van der Waals surface area contributed by atoms with E-state index < -0.39 is 0 Å². The van der Waals surface area contributed by atoms with Crippen LogP contribution in [-0.2, 0) is 13.7 Å². The Morgan fingerprint density at radius 3 is 2.64 bits per heavy atom. The molecule has 4 rings (SSSR count). The van der Waals surface area contributed by atoms with Gasteiger partial charge in [0.05, 0.1) is 13.3 Å². The molecule has 0 unspecified atom stereocenters. The molecule has 1 aliphatic carbocycles. The van der Waals surface area contributed by atoms with Crippen LogP contribution in [0.1, 0.15) is 56.0 Å². The van der Waals surface area contributed by atoms with Crippen LogP contribution in [0.4, 0.5) is 0 Å². The van der Waals surface area contributed by atoms with Gasteiger partial charge in [-0.3, -0.25) is 4.90 Å². The molecule has 1 aromatic carbocycles. The molecule has 2 aromatic rings. The van der Waals surface area contributed by atoms with Crippen molar-refractivity contribution >= 4 is 12.2 Å². The van der Waals surface area contributed by atoms with E-state index in [1.807, 2.05) is 18.7 Å². The van der Waals surface area contributed by atoms with Crippen molar-refractivity contribution in [3.05, 3.63) is 40.4 Å². The van der Waals surface area contributed by atoms with Gasteiger partial charge < -0.3 is 9.30 Å². The quantitative estimate of drug-likeness (QED) is 0.731. The first kappa shape index (κ1) is 16.8. The molecular weight excluding hydrogens is 332 g/mol. The molecule has 1 aliphatic heterocycles. The summed E-state index contributed by atoms with van der Waals surface area (Å²) < 4.78 is 10.5. The first-order valence-corrected chi connectivity index (χ1v) is 9.68. The highest BCUT2D eigenvalue weighted by atomic mass is 32.1. The number of nitrogens with zero attached hydrogens (tertiary/aromatic N) is 4. The molecule has 6 heteroatoms. The van der Waals surface area contributed by atoms with E-state index in [0.29, 0.717) is 18.6 Å². The second-order valence-electron chi connectivity index (χ2n) is 7.09. The standard InChI is InChI=1S/C19H26N4OS/c1-3-24-16-10-8-14(9-11-16)17-5-4-12-22(17)13-23-19(25)21(2)18(20-23)15-6-7-15/h8-11,15,17H,3-7,12-13H2,1-2H3/t17-/m1/s1. The van der Waals surface area contributed by atoms with E-state index in [0.717, 1.165) is 29.6 Å². The first-order valence-electron chi connectivity index (χ1n) is 9.28. The van der Waals surface area contributed by atoms with Gasteiger partial charge >= 0.3 is 0 Å². The Morgan fingerprint density at radius 2 is 1.96 bits per heavy atom. The molecule has 1 saturated heterocycles. The maximum absolute atomic E-state index is 5.62. The summed E-state index contributed by atoms with van der Waals surface area (Å²) in [7, 11) is 2.05. The summed E-state index contributed by atoms with van der Waals surface area (Å²) in [6.45, 7) is 4.58. The first-order chi connectivity index (χ1) is 12.2. The zero-order valence-corrected chi connectivity index (χ0v) is 15.8. The van der Waals surface area contributed by atoms with Crippen molar-refractivity contribution < 1.29 is 4.74 Å². The molecule has 2 fully saturated rings. The average molecular weight is 359 g/mol. The average Bonchev–Trinajstić information content (AvgIpc) is 3.30. The van der Waals surface area contributed by atoms with E-state index in [1.54, 1.807) is 0 Å². The van der Waals surface area contributed by atoms with Crippen LogP contribution in [0.2, 0.25) is 0 Å². The Hall–Kier alpha value is -1.66. The number of ether oxygens (including phenoxy) is 1. The summed E-state index contributed by atoms with van der Waals surface area (Å²) in [4.78, 5) is 2.50. The Morgan fingerprint density at radius 1 is 1.20 bits per heavy atom. The van der Waals surface area contributed by atoms with Crippen LogP contribution in [-0.4, -0.2) is 32.4 Å². The molecule has 0 spiro atoms. The smallest absolute Gasteiger partial charge is 0.198 e.